The first-order valence-electron chi connectivity index (χ1n) is 7.88. The van der Waals surface area contributed by atoms with Crippen molar-refractivity contribution in [1.82, 2.24) is 0 Å². The van der Waals surface area contributed by atoms with Crippen molar-refractivity contribution in [1.29, 1.82) is 0 Å². The van der Waals surface area contributed by atoms with Gasteiger partial charge in [0.2, 0.25) is 10.0 Å². The topological polar surface area (TPSA) is 66.5 Å². The fourth-order valence-corrected chi connectivity index (χ4v) is 4.03. The Morgan fingerprint density at radius 1 is 1.29 bits per heavy atom. The second kappa shape index (κ2) is 6.57. The van der Waals surface area contributed by atoms with Crippen molar-refractivity contribution in [2.75, 3.05) is 16.2 Å². The summed E-state index contributed by atoms with van der Waals surface area (Å²) in [5.74, 6) is -0.0326. The minimum Gasteiger partial charge on any atom is -0.307 e. The highest BCUT2D eigenvalue weighted by Gasteiger charge is 2.25. The maximum absolute atomic E-state index is 12.7. The van der Waals surface area contributed by atoms with E-state index in [9.17, 15) is 13.2 Å². The molecule has 3 rings (SSSR count). The van der Waals surface area contributed by atoms with Gasteiger partial charge in [0.1, 0.15) is 0 Å². The van der Waals surface area contributed by atoms with E-state index in [4.69, 9.17) is 0 Å². The van der Waals surface area contributed by atoms with Gasteiger partial charge < -0.3 is 4.90 Å². The van der Waals surface area contributed by atoms with Crippen LogP contribution in [0.2, 0.25) is 0 Å². The first kappa shape index (κ1) is 17.0. The third-order valence-electron chi connectivity index (χ3n) is 4.06. The first-order chi connectivity index (χ1) is 11.4. The first-order valence-corrected chi connectivity index (χ1v) is 10.3. The second-order valence-corrected chi connectivity index (χ2v) is 9.26. The Hall–Kier alpha value is -1.86. The number of hydrogen-bond acceptors (Lipinski definition) is 4. The quantitative estimate of drug-likeness (QED) is 0.903. The van der Waals surface area contributed by atoms with E-state index in [1.54, 1.807) is 30.9 Å². The highest BCUT2D eigenvalue weighted by molar-refractivity contribution is 7.93. The number of hydrogen-bond donors (Lipinski definition) is 1. The highest BCUT2D eigenvalue weighted by atomic mass is 32.2. The maximum atomic E-state index is 12.7. The zero-order valence-electron chi connectivity index (χ0n) is 13.7. The fourth-order valence-electron chi connectivity index (χ4n) is 2.66. The van der Waals surface area contributed by atoms with Crippen molar-refractivity contribution in [3.8, 4) is 0 Å². The van der Waals surface area contributed by atoms with Gasteiger partial charge in [0.05, 0.1) is 15.8 Å². The van der Waals surface area contributed by atoms with Crippen molar-refractivity contribution >= 4 is 38.6 Å². The molecule has 1 aliphatic heterocycles. The maximum Gasteiger partial charge on any atom is 0.268 e. The number of carbonyl (C=O) groups excluding carboxylic acids is 1. The van der Waals surface area contributed by atoms with Gasteiger partial charge in [-0.05, 0) is 55.8 Å². The predicted octanol–water partition coefficient (Wildman–Crippen LogP) is 3.49. The number of amides is 1. The Morgan fingerprint density at radius 2 is 2.08 bits per heavy atom. The van der Waals surface area contributed by atoms with Crippen molar-refractivity contribution < 1.29 is 13.2 Å². The summed E-state index contributed by atoms with van der Waals surface area (Å²) >= 11 is 1.41. The number of nitrogens with one attached hydrogen (secondary N) is 1. The molecule has 0 saturated carbocycles. The molecule has 0 spiro atoms. The molecule has 0 unspecified atom stereocenters. The zero-order valence-corrected chi connectivity index (χ0v) is 15.3. The number of fused-ring (bicyclic) bond motifs is 1. The molecule has 1 amide bonds. The van der Waals surface area contributed by atoms with E-state index in [2.05, 4.69) is 4.72 Å². The lowest BCUT2D eigenvalue weighted by Gasteiger charge is -2.29. The molecular weight excluding hydrogens is 344 g/mol. The van der Waals surface area contributed by atoms with Gasteiger partial charge in [-0.3, -0.25) is 9.52 Å². The van der Waals surface area contributed by atoms with E-state index >= 15 is 0 Å². The normalized spacial score (nSPS) is 14.5. The van der Waals surface area contributed by atoms with Gasteiger partial charge in [0.25, 0.3) is 5.91 Å². The van der Waals surface area contributed by atoms with Crippen LogP contribution in [0.15, 0.2) is 35.7 Å². The smallest absolute Gasteiger partial charge is 0.268 e. The SMILES string of the molecule is CC(C)S(=O)(=O)Nc1ccc2c(c1)N(C(=O)c1cccs1)CCC2. The molecule has 1 aliphatic rings. The summed E-state index contributed by atoms with van der Waals surface area (Å²) in [6, 6.07) is 9.10. The number of sulfonamides is 1. The molecular formula is C17H20N2O3S2. The second-order valence-electron chi connectivity index (χ2n) is 6.08. The minimum atomic E-state index is -3.41. The average Bonchev–Trinajstić information content (AvgIpc) is 3.07. The number of nitrogens with zero attached hydrogens (tertiary/aromatic N) is 1. The van der Waals surface area contributed by atoms with E-state index in [0.717, 1.165) is 24.1 Å². The molecule has 2 aromatic rings. The molecule has 0 saturated heterocycles. The summed E-state index contributed by atoms with van der Waals surface area (Å²) in [6.07, 6.45) is 1.79. The van der Waals surface area contributed by atoms with Gasteiger partial charge in [-0.15, -0.1) is 11.3 Å². The Labute approximate surface area is 146 Å². The largest absolute Gasteiger partial charge is 0.307 e. The van der Waals surface area contributed by atoms with Gasteiger partial charge in [-0.25, -0.2) is 8.42 Å². The van der Waals surface area contributed by atoms with Gasteiger partial charge in [-0.1, -0.05) is 12.1 Å². The number of anilines is 2. The number of benzene rings is 1. The number of carbonyl (C=O) groups is 1. The van der Waals surface area contributed by atoms with Crippen LogP contribution in [0.5, 0.6) is 0 Å². The fraction of sp³-hybridized carbons (Fsp3) is 0.353. The molecule has 1 aromatic carbocycles. The standard InChI is InChI=1S/C17H20N2O3S2/c1-12(2)24(21,22)18-14-8-7-13-5-3-9-19(15(13)11-14)17(20)16-6-4-10-23-16/h4,6-8,10-12,18H,3,5,9H2,1-2H3. The molecule has 2 heterocycles. The summed E-state index contributed by atoms with van der Waals surface area (Å²) in [7, 11) is -3.41. The van der Waals surface area contributed by atoms with E-state index in [-0.39, 0.29) is 5.91 Å². The average molecular weight is 364 g/mol. The molecule has 7 heteroatoms. The molecule has 0 aliphatic carbocycles. The molecule has 1 N–H and O–H groups in total. The predicted molar refractivity (Wildman–Crippen MR) is 98.4 cm³/mol. The van der Waals surface area contributed by atoms with Crippen LogP contribution < -0.4 is 9.62 Å². The van der Waals surface area contributed by atoms with Crippen LogP contribution in [0.3, 0.4) is 0 Å². The van der Waals surface area contributed by atoms with Crippen molar-refractivity contribution in [3.05, 3.63) is 46.2 Å². The lowest BCUT2D eigenvalue weighted by atomic mass is 10.0. The van der Waals surface area contributed by atoms with Gasteiger partial charge in [0, 0.05) is 12.2 Å². The van der Waals surface area contributed by atoms with Gasteiger partial charge in [0.15, 0.2) is 0 Å². The zero-order chi connectivity index (χ0) is 17.3. The van der Waals surface area contributed by atoms with Gasteiger partial charge in [-0.2, -0.15) is 0 Å². The molecule has 1 aromatic heterocycles. The summed E-state index contributed by atoms with van der Waals surface area (Å²) < 4.78 is 26.8. The van der Waals surface area contributed by atoms with Crippen LogP contribution >= 0.6 is 11.3 Å². The third-order valence-corrected chi connectivity index (χ3v) is 6.68. The molecule has 0 fully saturated rings. The Kier molecular flexibility index (Phi) is 4.64. The highest BCUT2D eigenvalue weighted by Crippen LogP contribution is 2.32. The van der Waals surface area contributed by atoms with Crippen LogP contribution in [0, 0.1) is 0 Å². The Bertz CT molecular complexity index is 843. The third kappa shape index (κ3) is 3.32. The van der Waals surface area contributed by atoms with Crippen molar-refractivity contribution in [2.24, 2.45) is 0 Å². The van der Waals surface area contributed by atoms with Crippen LogP contribution in [0.25, 0.3) is 0 Å². The molecule has 5 nitrogen and oxygen atoms in total. The summed E-state index contributed by atoms with van der Waals surface area (Å²) in [6.45, 7) is 3.91. The molecule has 0 atom stereocenters. The number of thiophene rings is 1. The van der Waals surface area contributed by atoms with E-state index in [1.165, 1.54) is 11.3 Å². The monoisotopic (exact) mass is 364 g/mol. The number of rotatable bonds is 4. The van der Waals surface area contributed by atoms with Crippen molar-refractivity contribution in [3.63, 3.8) is 0 Å². The lowest BCUT2D eigenvalue weighted by Crippen LogP contribution is -2.35. The van der Waals surface area contributed by atoms with Crippen LogP contribution in [0.4, 0.5) is 11.4 Å². The summed E-state index contributed by atoms with van der Waals surface area (Å²) in [5, 5.41) is 1.36. The minimum absolute atomic E-state index is 0.0326. The summed E-state index contributed by atoms with van der Waals surface area (Å²) in [5.41, 5.74) is 2.36. The Morgan fingerprint density at radius 3 is 2.75 bits per heavy atom. The van der Waals surface area contributed by atoms with E-state index in [0.29, 0.717) is 17.1 Å². The van der Waals surface area contributed by atoms with E-state index < -0.39 is 15.3 Å². The van der Waals surface area contributed by atoms with Gasteiger partial charge >= 0.3 is 0 Å². The van der Waals surface area contributed by atoms with Crippen molar-refractivity contribution in [2.45, 2.75) is 31.9 Å². The number of aryl methyl sites for hydroxylation is 1. The Balaban J connectivity index is 1.94. The molecule has 128 valence electrons. The lowest BCUT2D eigenvalue weighted by molar-refractivity contribution is 0.0989. The molecule has 24 heavy (non-hydrogen) atoms. The van der Waals surface area contributed by atoms with Crippen LogP contribution in [-0.2, 0) is 16.4 Å². The van der Waals surface area contributed by atoms with E-state index in [1.807, 2.05) is 23.6 Å². The molecule has 0 radical (unpaired) electrons. The van der Waals surface area contributed by atoms with Crippen LogP contribution in [0.1, 0.15) is 35.5 Å². The van der Waals surface area contributed by atoms with Crippen LogP contribution in [-0.4, -0.2) is 26.1 Å². The summed E-state index contributed by atoms with van der Waals surface area (Å²) in [4.78, 5) is 15.2. The molecule has 0 bridgehead atoms.